The molecule has 37 heavy (non-hydrogen) atoms. The quantitative estimate of drug-likeness (QED) is 0.258. The summed E-state index contributed by atoms with van der Waals surface area (Å²) < 4.78 is 50.9. The number of nitrogens with zero attached hydrogens (tertiary/aromatic N) is 1. The van der Waals surface area contributed by atoms with Crippen molar-refractivity contribution in [1.29, 1.82) is 0 Å². The Morgan fingerprint density at radius 2 is 1.27 bits per heavy atom. The standard InChI is InChI=1S/C27H28ClNO7Se/c1-31-20-11-18(12-21(32-2)25(20)34-4)37(30)23-15-29(14-16-7-9-17(28)10-8-16)24-19(23)13-22(33-3)26(35-5)27(24)36-6/h7-13,15H,14H2,1-6H3. The number of hydrogen-bond donors (Lipinski definition) is 0. The fraction of sp³-hybridized carbons (Fsp3) is 0.259. The third-order valence-electron chi connectivity index (χ3n) is 5.95. The molecule has 0 amide bonds. The van der Waals surface area contributed by atoms with Gasteiger partial charge in [0, 0.05) is 0 Å². The molecule has 10 heteroatoms. The molecule has 0 aliphatic heterocycles. The minimum absolute atomic E-state index is 0.434. The summed E-state index contributed by atoms with van der Waals surface area (Å²) in [6.07, 6.45) is 1.89. The van der Waals surface area contributed by atoms with Gasteiger partial charge in [0.1, 0.15) is 0 Å². The molecule has 1 heterocycles. The Bertz CT molecular complexity index is 1420. The molecule has 1 unspecified atom stereocenters. The molecule has 0 saturated carbocycles. The van der Waals surface area contributed by atoms with Gasteiger partial charge in [-0.2, -0.15) is 0 Å². The second-order valence-corrected chi connectivity index (χ2v) is 11.4. The van der Waals surface area contributed by atoms with Gasteiger partial charge in [0.05, 0.1) is 0 Å². The van der Waals surface area contributed by atoms with E-state index in [1.165, 1.54) is 21.3 Å². The number of halogens is 1. The molecule has 0 spiro atoms. The van der Waals surface area contributed by atoms with E-state index in [1.54, 1.807) is 33.5 Å². The fourth-order valence-electron chi connectivity index (χ4n) is 4.24. The molecule has 1 aromatic heterocycles. The second kappa shape index (κ2) is 11.3. The van der Waals surface area contributed by atoms with Crippen LogP contribution in [0.25, 0.3) is 10.9 Å². The number of ether oxygens (including phenoxy) is 6. The fourth-order valence-corrected chi connectivity index (χ4v) is 7.01. The van der Waals surface area contributed by atoms with E-state index in [0.717, 1.165) is 16.5 Å². The molecular formula is C27H28ClNO7Se. The van der Waals surface area contributed by atoms with Crippen molar-refractivity contribution in [1.82, 2.24) is 4.57 Å². The maximum absolute atomic E-state index is 14.2. The number of fused-ring (bicyclic) bond motifs is 1. The zero-order chi connectivity index (χ0) is 26.7. The molecule has 0 aliphatic carbocycles. The topological polar surface area (TPSA) is 77.4 Å². The van der Waals surface area contributed by atoms with Crippen LogP contribution in [0.2, 0.25) is 5.02 Å². The zero-order valence-corrected chi connectivity index (χ0v) is 23.9. The van der Waals surface area contributed by atoms with Crippen LogP contribution in [0.3, 0.4) is 0 Å². The van der Waals surface area contributed by atoms with Crippen LogP contribution in [0.5, 0.6) is 34.5 Å². The van der Waals surface area contributed by atoms with E-state index in [4.69, 9.17) is 40.0 Å². The monoisotopic (exact) mass is 593 g/mol. The van der Waals surface area contributed by atoms with Crippen LogP contribution < -0.4 is 37.3 Å². The Morgan fingerprint density at radius 3 is 1.78 bits per heavy atom. The molecule has 1 atom stereocenters. The van der Waals surface area contributed by atoms with Crippen molar-refractivity contribution in [3.8, 4) is 34.5 Å². The summed E-state index contributed by atoms with van der Waals surface area (Å²) in [6, 6.07) is 12.8. The molecule has 4 aromatic rings. The molecule has 0 N–H and O–H groups in total. The van der Waals surface area contributed by atoms with Crippen molar-refractivity contribution in [2.24, 2.45) is 0 Å². The van der Waals surface area contributed by atoms with Crippen LogP contribution in [-0.2, 0) is 10.4 Å². The van der Waals surface area contributed by atoms with E-state index < -0.39 is 13.8 Å². The van der Waals surface area contributed by atoms with Crippen molar-refractivity contribution >= 4 is 45.3 Å². The number of aromatic nitrogens is 1. The van der Waals surface area contributed by atoms with Crippen LogP contribution in [0.4, 0.5) is 0 Å². The SMILES string of the molecule is COc1cc([Se](=O)c2cn(Cc3ccc(Cl)cc3)c3c(OC)c(OC)c(OC)cc23)cc(OC)c1OC. The van der Waals surface area contributed by atoms with Crippen LogP contribution in [0.1, 0.15) is 5.56 Å². The van der Waals surface area contributed by atoms with Crippen molar-refractivity contribution in [3.05, 3.63) is 59.2 Å². The Hall–Kier alpha value is -3.39. The first-order valence-corrected chi connectivity index (χ1v) is 14.0. The molecule has 196 valence electrons. The van der Waals surface area contributed by atoms with Crippen molar-refractivity contribution < 1.29 is 32.3 Å². The summed E-state index contributed by atoms with van der Waals surface area (Å²) in [6.45, 7) is 0.494. The van der Waals surface area contributed by atoms with Gasteiger partial charge in [-0.3, -0.25) is 0 Å². The number of benzene rings is 3. The van der Waals surface area contributed by atoms with Crippen molar-refractivity contribution in [3.63, 3.8) is 0 Å². The Morgan fingerprint density at radius 1 is 0.730 bits per heavy atom. The predicted molar refractivity (Wildman–Crippen MR) is 144 cm³/mol. The summed E-state index contributed by atoms with van der Waals surface area (Å²) in [7, 11) is 9.26. The first-order chi connectivity index (χ1) is 17.9. The first-order valence-electron chi connectivity index (χ1n) is 11.2. The Labute approximate surface area is 224 Å². The first kappa shape index (κ1) is 26.7. The summed E-state index contributed by atoms with van der Waals surface area (Å²) in [4.78, 5) is 0. The molecule has 0 bridgehead atoms. The number of rotatable bonds is 10. The van der Waals surface area contributed by atoms with Crippen LogP contribution in [0.15, 0.2) is 48.7 Å². The van der Waals surface area contributed by atoms with E-state index in [-0.39, 0.29) is 0 Å². The average Bonchev–Trinajstić information content (AvgIpc) is 3.29. The van der Waals surface area contributed by atoms with Crippen molar-refractivity contribution in [2.45, 2.75) is 6.54 Å². The van der Waals surface area contributed by atoms with Gasteiger partial charge in [-0.05, 0) is 0 Å². The molecule has 0 aliphatic rings. The third kappa shape index (κ3) is 4.94. The van der Waals surface area contributed by atoms with E-state index in [9.17, 15) is 3.83 Å². The van der Waals surface area contributed by atoms with Crippen molar-refractivity contribution in [2.75, 3.05) is 42.7 Å². The second-order valence-electron chi connectivity index (χ2n) is 7.92. The summed E-state index contributed by atoms with van der Waals surface area (Å²) >= 11 is 3.24. The molecule has 8 nitrogen and oxygen atoms in total. The van der Waals surface area contributed by atoms with E-state index in [2.05, 4.69) is 0 Å². The van der Waals surface area contributed by atoms with Gasteiger partial charge in [-0.15, -0.1) is 0 Å². The molecule has 4 rings (SSSR count). The van der Waals surface area contributed by atoms with Gasteiger partial charge in [-0.1, -0.05) is 0 Å². The maximum atomic E-state index is 14.2. The van der Waals surface area contributed by atoms with Gasteiger partial charge in [-0.25, -0.2) is 0 Å². The van der Waals surface area contributed by atoms with Gasteiger partial charge in [0.15, 0.2) is 0 Å². The molecule has 0 saturated heterocycles. The Balaban J connectivity index is 1.97. The van der Waals surface area contributed by atoms with Crippen LogP contribution >= 0.6 is 11.6 Å². The average molecular weight is 593 g/mol. The number of hydrogen-bond acceptors (Lipinski definition) is 7. The summed E-state index contributed by atoms with van der Waals surface area (Å²) in [5.41, 5.74) is 1.75. The third-order valence-corrected chi connectivity index (χ3v) is 9.11. The zero-order valence-electron chi connectivity index (χ0n) is 21.4. The van der Waals surface area contributed by atoms with Gasteiger partial charge >= 0.3 is 225 Å². The van der Waals surface area contributed by atoms with Crippen LogP contribution in [-0.4, -0.2) is 61.1 Å². The number of methoxy groups -OCH3 is 6. The van der Waals surface area contributed by atoms with Gasteiger partial charge in [0.25, 0.3) is 0 Å². The van der Waals surface area contributed by atoms with Gasteiger partial charge in [0.2, 0.25) is 0 Å². The summed E-state index contributed by atoms with van der Waals surface area (Å²) in [5.74, 6) is 2.72. The van der Waals surface area contributed by atoms with E-state index in [1.807, 2.05) is 41.1 Å². The molecular weight excluding hydrogens is 565 g/mol. The normalized spacial score (nSPS) is 11.8. The van der Waals surface area contributed by atoms with E-state index in [0.29, 0.717) is 55.0 Å². The predicted octanol–water partition coefficient (Wildman–Crippen LogP) is 3.93. The van der Waals surface area contributed by atoms with E-state index >= 15 is 0 Å². The molecule has 0 radical (unpaired) electrons. The van der Waals surface area contributed by atoms with Crippen LogP contribution in [0, 0.1) is 0 Å². The Kier molecular flexibility index (Phi) is 8.17. The summed E-state index contributed by atoms with van der Waals surface area (Å²) in [5, 5.41) is 1.39. The molecule has 3 aromatic carbocycles. The minimum atomic E-state index is -2.85. The van der Waals surface area contributed by atoms with Gasteiger partial charge < -0.3 is 0 Å². The molecule has 0 fully saturated rings.